The van der Waals surface area contributed by atoms with Crippen molar-refractivity contribution >= 4 is 34.1 Å². The fraction of sp³-hybridized carbons (Fsp3) is 0.611. The number of thiophene rings is 1. The highest BCUT2D eigenvalue weighted by atomic mass is 32.1. The van der Waals surface area contributed by atoms with Crippen molar-refractivity contribution in [3.63, 3.8) is 0 Å². The molecule has 0 bridgehead atoms. The third-order valence-electron chi connectivity index (χ3n) is 3.85. The lowest BCUT2D eigenvalue weighted by Crippen LogP contribution is -2.41. The number of amides is 2. The van der Waals surface area contributed by atoms with Gasteiger partial charge >= 0.3 is 5.97 Å². The van der Waals surface area contributed by atoms with E-state index in [1.54, 1.807) is 18.9 Å². The molecule has 1 saturated carbocycles. The summed E-state index contributed by atoms with van der Waals surface area (Å²) in [4.78, 5) is 38.0. The smallest absolute Gasteiger partial charge is 0.341 e. The first kappa shape index (κ1) is 20.4. The van der Waals surface area contributed by atoms with Gasteiger partial charge in [-0.3, -0.25) is 14.5 Å². The lowest BCUT2D eigenvalue weighted by atomic mass is 10.1. The molecule has 2 rings (SSSR count). The standard InChI is InChI=1S/C18H27N3O4S/c1-5-25-18(24)16-13(12-6-7-12)10-26-17(16)20-15(23)9-21(4)8-14(22)19-11(2)3/h10-12H,5-9H2,1-4H3,(H,19,22)(H,20,23). The Balaban J connectivity index is 1.98. The molecule has 1 aromatic heterocycles. The van der Waals surface area contributed by atoms with Crippen molar-refractivity contribution in [2.24, 2.45) is 0 Å². The van der Waals surface area contributed by atoms with E-state index in [9.17, 15) is 14.4 Å². The van der Waals surface area contributed by atoms with E-state index < -0.39 is 5.97 Å². The summed E-state index contributed by atoms with van der Waals surface area (Å²) in [7, 11) is 1.70. The number of likely N-dealkylation sites (N-methyl/N-ethyl adjacent to an activating group) is 1. The summed E-state index contributed by atoms with van der Waals surface area (Å²) < 4.78 is 5.15. The van der Waals surface area contributed by atoms with Crippen LogP contribution in [0.25, 0.3) is 0 Å². The lowest BCUT2D eigenvalue weighted by molar-refractivity contribution is -0.123. The zero-order valence-electron chi connectivity index (χ0n) is 15.8. The van der Waals surface area contributed by atoms with Crippen molar-refractivity contribution in [2.75, 3.05) is 32.1 Å². The molecule has 2 N–H and O–H groups in total. The van der Waals surface area contributed by atoms with E-state index in [4.69, 9.17) is 4.74 Å². The Hall–Kier alpha value is -1.93. The van der Waals surface area contributed by atoms with Crippen LogP contribution in [0.1, 0.15) is 55.5 Å². The Morgan fingerprint density at radius 3 is 2.50 bits per heavy atom. The summed E-state index contributed by atoms with van der Waals surface area (Å²) in [5.41, 5.74) is 1.45. The van der Waals surface area contributed by atoms with Crippen molar-refractivity contribution in [3.05, 3.63) is 16.5 Å². The quantitative estimate of drug-likeness (QED) is 0.640. The minimum absolute atomic E-state index is 0.0591. The van der Waals surface area contributed by atoms with Gasteiger partial charge in [0.05, 0.1) is 25.3 Å². The van der Waals surface area contributed by atoms with Gasteiger partial charge in [0.15, 0.2) is 0 Å². The molecule has 144 valence electrons. The van der Waals surface area contributed by atoms with Crippen LogP contribution < -0.4 is 10.6 Å². The molecular weight excluding hydrogens is 354 g/mol. The number of carbonyl (C=O) groups is 3. The molecule has 0 radical (unpaired) electrons. The highest BCUT2D eigenvalue weighted by Gasteiger charge is 2.32. The monoisotopic (exact) mass is 381 g/mol. The number of hydrogen-bond acceptors (Lipinski definition) is 6. The van der Waals surface area contributed by atoms with E-state index in [0.717, 1.165) is 18.4 Å². The van der Waals surface area contributed by atoms with E-state index in [2.05, 4.69) is 10.6 Å². The molecule has 0 spiro atoms. The van der Waals surface area contributed by atoms with E-state index in [0.29, 0.717) is 23.1 Å². The van der Waals surface area contributed by atoms with Crippen LogP contribution in [0.3, 0.4) is 0 Å². The molecule has 0 unspecified atom stereocenters. The maximum Gasteiger partial charge on any atom is 0.341 e. The van der Waals surface area contributed by atoms with E-state index in [-0.39, 0.29) is 30.9 Å². The molecule has 7 nitrogen and oxygen atoms in total. The zero-order valence-corrected chi connectivity index (χ0v) is 16.6. The molecule has 0 saturated heterocycles. The van der Waals surface area contributed by atoms with Crippen LogP contribution in [0, 0.1) is 0 Å². The average Bonchev–Trinajstić information content (AvgIpc) is 3.27. The van der Waals surface area contributed by atoms with Crippen molar-refractivity contribution in [1.29, 1.82) is 0 Å². The average molecular weight is 381 g/mol. The van der Waals surface area contributed by atoms with Crippen LogP contribution in [0.5, 0.6) is 0 Å². The molecule has 8 heteroatoms. The number of ether oxygens (including phenoxy) is 1. The van der Waals surface area contributed by atoms with Crippen LogP contribution in [-0.4, -0.2) is 55.5 Å². The molecule has 26 heavy (non-hydrogen) atoms. The summed E-state index contributed by atoms with van der Waals surface area (Å²) in [6.45, 7) is 6.01. The summed E-state index contributed by atoms with van der Waals surface area (Å²) >= 11 is 1.35. The van der Waals surface area contributed by atoms with Crippen LogP contribution in [-0.2, 0) is 14.3 Å². The van der Waals surface area contributed by atoms with Crippen molar-refractivity contribution in [2.45, 2.75) is 45.6 Å². The summed E-state index contributed by atoms with van der Waals surface area (Å²) in [6, 6.07) is 0.0591. The first-order valence-corrected chi connectivity index (χ1v) is 9.76. The molecule has 1 aliphatic rings. The Morgan fingerprint density at radius 2 is 1.92 bits per heavy atom. The normalized spacial score (nSPS) is 13.8. The van der Waals surface area contributed by atoms with Crippen LogP contribution in [0.4, 0.5) is 5.00 Å². The van der Waals surface area contributed by atoms with Gasteiger partial charge in [-0.2, -0.15) is 0 Å². The van der Waals surface area contributed by atoms with E-state index in [1.165, 1.54) is 11.3 Å². The minimum atomic E-state index is -0.393. The molecule has 2 amide bonds. The second kappa shape index (κ2) is 9.14. The molecule has 1 fully saturated rings. The number of nitrogens with zero attached hydrogens (tertiary/aromatic N) is 1. The molecule has 1 aliphatic carbocycles. The van der Waals surface area contributed by atoms with Gasteiger partial charge in [0.1, 0.15) is 5.00 Å². The zero-order chi connectivity index (χ0) is 19.3. The molecule has 0 aromatic carbocycles. The fourth-order valence-electron chi connectivity index (χ4n) is 2.65. The fourth-order valence-corrected chi connectivity index (χ4v) is 3.70. The maximum absolute atomic E-state index is 12.3. The lowest BCUT2D eigenvalue weighted by Gasteiger charge is -2.17. The molecule has 0 atom stereocenters. The summed E-state index contributed by atoms with van der Waals surface area (Å²) in [5.74, 6) is -0.399. The number of rotatable bonds is 9. The molecule has 1 aromatic rings. The summed E-state index contributed by atoms with van der Waals surface area (Å²) in [5, 5.41) is 8.04. The first-order chi connectivity index (χ1) is 12.3. The van der Waals surface area contributed by atoms with Crippen LogP contribution in [0.15, 0.2) is 5.38 Å². The largest absolute Gasteiger partial charge is 0.462 e. The van der Waals surface area contributed by atoms with Crippen molar-refractivity contribution in [1.82, 2.24) is 10.2 Å². The Morgan fingerprint density at radius 1 is 1.27 bits per heavy atom. The Bertz CT molecular complexity index is 667. The summed E-state index contributed by atoms with van der Waals surface area (Å²) in [6.07, 6.45) is 2.12. The SMILES string of the molecule is CCOC(=O)c1c(C2CC2)csc1NC(=O)CN(C)CC(=O)NC(C)C. The second-order valence-electron chi connectivity index (χ2n) is 6.83. The Kier molecular flexibility index (Phi) is 7.16. The van der Waals surface area contributed by atoms with Crippen LogP contribution in [0.2, 0.25) is 0 Å². The number of carbonyl (C=O) groups excluding carboxylic acids is 3. The minimum Gasteiger partial charge on any atom is -0.462 e. The second-order valence-corrected chi connectivity index (χ2v) is 7.71. The van der Waals surface area contributed by atoms with Gasteiger partial charge in [-0.15, -0.1) is 11.3 Å². The van der Waals surface area contributed by atoms with Crippen LogP contribution >= 0.6 is 11.3 Å². The third kappa shape index (κ3) is 5.81. The van der Waals surface area contributed by atoms with E-state index >= 15 is 0 Å². The van der Waals surface area contributed by atoms with Gasteiger partial charge < -0.3 is 15.4 Å². The molecular formula is C18H27N3O4S. The van der Waals surface area contributed by atoms with E-state index in [1.807, 2.05) is 19.2 Å². The number of esters is 1. The van der Waals surface area contributed by atoms with Gasteiger partial charge in [0.2, 0.25) is 11.8 Å². The topological polar surface area (TPSA) is 87.7 Å². The van der Waals surface area contributed by atoms with Gasteiger partial charge in [0.25, 0.3) is 0 Å². The predicted molar refractivity (Wildman–Crippen MR) is 102 cm³/mol. The molecule has 1 heterocycles. The predicted octanol–water partition coefficient (Wildman–Crippen LogP) is 2.20. The first-order valence-electron chi connectivity index (χ1n) is 8.88. The number of hydrogen-bond donors (Lipinski definition) is 2. The van der Waals surface area contributed by atoms with Gasteiger partial charge in [0, 0.05) is 6.04 Å². The highest BCUT2D eigenvalue weighted by Crippen LogP contribution is 2.46. The van der Waals surface area contributed by atoms with Gasteiger partial charge in [-0.25, -0.2) is 4.79 Å². The van der Waals surface area contributed by atoms with Gasteiger partial charge in [-0.1, -0.05) is 0 Å². The number of nitrogens with one attached hydrogen (secondary N) is 2. The highest BCUT2D eigenvalue weighted by molar-refractivity contribution is 7.15. The number of anilines is 1. The maximum atomic E-state index is 12.3. The molecule has 0 aliphatic heterocycles. The van der Waals surface area contributed by atoms with Crippen molar-refractivity contribution < 1.29 is 19.1 Å². The Labute approximate surface area is 158 Å². The third-order valence-corrected chi connectivity index (χ3v) is 4.76. The van der Waals surface area contributed by atoms with Crippen molar-refractivity contribution in [3.8, 4) is 0 Å². The van der Waals surface area contributed by atoms with Gasteiger partial charge in [-0.05, 0) is 57.5 Å².